The zero-order chi connectivity index (χ0) is 9.54. The van der Waals surface area contributed by atoms with Gasteiger partial charge in [0.2, 0.25) is 0 Å². The van der Waals surface area contributed by atoms with E-state index in [-0.39, 0.29) is 5.82 Å². The predicted octanol–water partition coefficient (Wildman–Crippen LogP) is 1.90. The first-order valence-corrected chi connectivity index (χ1v) is 4.29. The van der Waals surface area contributed by atoms with Crippen molar-refractivity contribution in [2.24, 2.45) is 0 Å². The standard InChI is InChI=1S/C10H7FN2O/c11-7-1-2-8-9(5-7)14-6-10-12-3-4-13(8)10/h1-5H,6H2. The fourth-order valence-electron chi connectivity index (χ4n) is 1.61. The highest BCUT2D eigenvalue weighted by molar-refractivity contribution is 5.49. The van der Waals surface area contributed by atoms with Crippen LogP contribution in [0.15, 0.2) is 30.6 Å². The lowest BCUT2D eigenvalue weighted by molar-refractivity contribution is 0.278. The summed E-state index contributed by atoms with van der Waals surface area (Å²) in [5.74, 6) is 1.12. The molecule has 0 N–H and O–H groups in total. The van der Waals surface area contributed by atoms with Gasteiger partial charge >= 0.3 is 0 Å². The van der Waals surface area contributed by atoms with Crippen molar-refractivity contribution in [2.45, 2.75) is 6.61 Å². The number of ether oxygens (including phenoxy) is 1. The molecular weight excluding hydrogens is 183 g/mol. The lowest BCUT2D eigenvalue weighted by Gasteiger charge is -2.18. The second-order valence-electron chi connectivity index (χ2n) is 3.11. The van der Waals surface area contributed by atoms with Crippen LogP contribution in [0.3, 0.4) is 0 Å². The summed E-state index contributed by atoms with van der Waals surface area (Å²) >= 11 is 0. The summed E-state index contributed by atoms with van der Waals surface area (Å²) in [7, 11) is 0. The molecule has 0 bridgehead atoms. The molecule has 1 aromatic heterocycles. The molecule has 0 unspecified atom stereocenters. The number of imidazole rings is 1. The Balaban J connectivity index is 2.26. The van der Waals surface area contributed by atoms with Crippen molar-refractivity contribution in [3.05, 3.63) is 42.2 Å². The SMILES string of the molecule is Fc1ccc2c(c1)OCc1nccn1-2. The Bertz CT molecular complexity index is 493. The van der Waals surface area contributed by atoms with Crippen molar-refractivity contribution in [1.82, 2.24) is 9.55 Å². The van der Waals surface area contributed by atoms with E-state index in [0.717, 1.165) is 11.5 Å². The highest BCUT2D eigenvalue weighted by atomic mass is 19.1. The van der Waals surface area contributed by atoms with Gasteiger partial charge in [0.25, 0.3) is 0 Å². The highest BCUT2D eigenvalue weighted by Gasteiger charge is 2.16. The maximum atomic E-state index is 12.9. The summed E-state index contributed by atoms with van der Waals surface area (Å²) in [6, 6.07) is 4.49. The Morgan fingerprint density at radius 1 is 1.43 bits per heavy atom. The molecule has 2 aromatic rings. The summed E-state index contributed by atoms with van der Waals surface area (Å²) in [5, 5.41) is 0. The largest absolute Gasteiger partial charge is 0.483 e. The normalized spacial score (nSPS) is 12.9. The molecule has 0 aliphatic carbocycles. The molecule has 0 amide bonds. The minimum absolute atomic E-state index is 0.285. The minimum atomic E-state index is -0.285. The molecule has 0 radical (unpaired) electrons. The molecule has 70 valence electrons. The molecule has 0 fully saturated rings. The van der Waals surface area contributed by atoms with Gasteiger partial charge in [-0.2, -0.15) is 0 Å². The Kier molecular flexibility index (Phi) is 1.39. The molecule has 2 heterocycles. The highest BCUT2D eigenvalue weighted by Crippen LogP contribution is 2.29. The van der Waals surface area contributed by atoms with Crippen molar-refractivity contribution in [1.29, 1.82) is 0 Å². The molecule has 3 rings (SSSR count). The van der Waals surface area contributed by atoms with Gasteiger partial charge in [0.05, 0.1) is 5.69 Å². The second-order valence-corrected chi connectivity index (χ2v) is 3.11. The first kappa shape index (κ1) is 7.55. The second kappa shape index (κ2) is 2.57. The van der Waals surface area contributed by atoms with Gasteiger partial charge in [0.1, 0.15) is 18.2 Å². The molecule has 0 atom stereocenters. The van der Waals surface area contributed by atoms with Gasteiger partial charge in [0, 0.05) is 18.5 Å². The summed E-state index contributed by atoms with van der Waals surface area (Å²) < 4.78 is 20.2. The van der Waals surface area contributed by atoms with E-state index in [1.165, 1.54) is 12.1 Å². The van der Waals surface area contributed by atoms with Crippen LogP contribution >= 0.6 is 0 Å². The fourth-order valence-corrected chi connectivity index (χ4v) is 1.61. The van der Waals surface area contributed by atoms with E-state index in [1.807, 2.05) is 10.8 Å². The van der Waals surface area contributed by atoms with Crippen molar-refractivity contribution >= 4 is 0 Å². The average molecular weight is 190 g/mol. The van der Waals surface area contributed by atoms with Crippen LogP contribution in [-0.2, 0) is 6.61 Å². The third-order valence-corrected chi connectivity index (χ3v) is 2.26. The van der Waals surface area contributed by atoms with Crippen molar-refractivity contribution in [3.63, 3.8) is 0 Å². The maximum absolute atomic E-state index is 12.9. The molecule has 0 saturated heterocycles. The van der Waals surface area contributed by atoms with Crippen molar-refractivity contribution in [3.8, 4) is 11.4 Å². The molecule has 1 aliphatic heterocycles. The monoisotopic (exact) mass is 190 g/mol. The zero-order valence-electron chi connectivity index (χ0n) is 7.27. The van der Waals surface area contributed by atoms with Crippen molar-refractivity contribution < 1.29 is 9.13 Å². The quantitative estimate of drug-likeness (QED) is 0.634. The molecule has 1 aromatic carbocycles. The predicted molar refractivity (Wildman–Crippen MR) is 47.9 cm³/mol. The number of nitrogens with zero attached hydrogens (tertiary/aromatic N) is 2. The number of hydrogen-bond acceptors (Lipinski definition) is 2. The van der Waals surface area contributed by atoms with Gasteiger partial charge in [-0.3, -0.25) is 4.57 Å². The first-order chi connectivity index (χ1) is 6.84. The zero-order valence-corrected chi connectivity index (χ0v) is 7.27. The number of rotatable bonds is 0. The molecule has 4 heteroatoms. The van der Waals surface area contributed by atoms with Crippen LogP contribution in [0.5, 0.6) is 5.75 Å². The van der Waals surface area contributed by atoms with E-state index in [1.54, 1.807) is 12.3 Å². The van der Waals surface area contributed by atoms with Gasteiger partial charge in [-0.15, -0.1) is 0 Å². The fraction of sp³-hybridized carbons (Fsp3) is 0.100. The van der Waals surface area contributed by atoms with Crippen LogP contribution < -0.4 is 4.74 Å². The first-order valence-electron chi connectivity index (χ1n) is 4.29. The van der Waals surface area contributed by atoms with E-state index in [9.17, 15) is 4.39 Å². The van der Waals surface area contributed by atoms with Crippen LogP contribution in [0.2, 0.25) is 0 Å². The Morgan fingerprint density at radius 3 is 3.29 bits per heavy atom. The lowest BCUT2D eigenvalue weighted by Crippen LogP contribution is -2.12. The van der Waals surface area contributed by atoms with Crippen LogP contribution in [0, 0.1) is 5.82 Å². The topological polar surface area (TPSA) is 27.1 Å². The lowest BCUT2D eigenvalue weighted by atomic mass is 10.2. The van der Waals surface area contributed by atoms with Crippen LogP contribution in [0.1, 0.15) is 5.82 Å². The average Bonchev–Trinajstić information content (AvgIpc) is 2.65. The van der Waals surface area contributed by atoms with E-state index in [4.69, 9.17) is 4.74 Å². The third-order valence-electron chi connectivity index (χ3n) is 2.26. The van der Waals surface area contributed by atoms with Crippen LogP contribution in [0.4, 0.5) is 4.39 Å². The van der Waals surface area contributed by atoms with E-state index < -0.39 is 0 Å². The molecule has 3 nitrogen and oxygen atoms in total. The Labute approximate surface area is 79.8 Å². The van der Waals surface area contributed by atoms with Gasteiger partial charge in [-0.05, 0) is 12.1 Å². The minimum Gasteiger partial charge on any atom is -0.483 e. The van der Waals surface area contributed by atoms with Gasteiger partial charge in [0.15, 0.2) is 5.82 Å². The molecule has 14 heavy (non-hydrogen) atoms. The van der Waals surface area contributed by atoms with Crippen molar-refractivity contribution in [2.75, 3.05) is 0 Å². The van der Waals surface area contributed by atoms with Crippen LogP contribution in [-0.4, -0.2) is 9.55 Å². The molecular formula is C10H7FN2O. The van der Waals surface area contributed by atoms with Gasteiger partial charge in [-0.25, -0.2) is 9.37 Å². The number of fused-ring (bicyclic) bond motifs is 3. The number of hydrogen-bond donors (Lipinski definition) is 0. The van der Waals surface area contributed by atoms with E-state index in [0.29, 0.717) is 12.4 Å². The third kappa shape index (κ3) is 0.937. The van der Waals surface area contributed by atoms with Gasteiger partial charge < -0.3 is 4.74 Å². The number of aromatic nitrogens is 2. The maximum Gasteiger partial charge on any atom is 0.151 e. The molecule has 0 saturated carbocycles. The summed E-state index contributed by atoms with van der Waals surface area (Å²) in [4.78, 5) is 4.12. The summed E-state index contributed by atoms with van der Waals surface area (Å²) in [6.45, 7) is 0.392. The summed E-state index contributed by atoms with van der Waals surface area (Å²) in [5.41, 5.74) is 0.838. The van der Waals surface area contributed by atoms with E-state index >= 15 is 0 Å². The smallest absolute Gasteiger partial charge is 0.151 e. The van der Waals surface area contributed by atoms with Gasteiger partial charge in [-0.1, -0.05) is 0 Å². The van der Waals surface area contributed by atoms with Crippen LogP contribution in [0.25, 0.3) is 5.69 Å². The number of halogens is 1. The summed E-state index contributed by atoms with van der Waals surface area (Å²) in [6.07, 6.45) is 3.55. The number of benzene rings is 1. The molecule has 0 spiro atoms. The Hall–Kier alpha value is -1.84. The molecule has 1 aliphatic rings. The van der Waals surface area contributed by atoms with E-state index in [2.05, 4.69) is 4.98 Å². The Morgan fingerprint density at radius 2 is 2.36 bits per heavy atom.